The van der Waals surface area contributed by atoms with Crippen LogP contribution in [0.1, 0.15) is 15.9 Å². The Bertz CT molecular complexity index is 1150. The van der Waals surface area contributed by atoms with Crippen LogP contribution in [-0.4, -0.2) is 20.9 Å². The van der Waals surface area contributed by atoms with Crippen molar-refractivity contribution in [1.29, 1.82) is 0 Å². The van der Waals surface area contributed by atoms with Gasteiger partial charge < -0.3 is 4.90 Å². The number of benzene rings is 3. The molecule has 7 heteroatoms. The van der Waals surface area contributed by atoms with E-state index in [0.717, 1.165) is 11.3 Å². The summed E-state index contributed by atoms with van der Waals surface area (Å²) >= 11 is 5.92. The van der Waals surface area contributed by atoms with Gasteiger partial charge >= 0.3 is 0 Å². The van der Waals surface area contributed by atoms with Crippen LogP contribution in [0.4, 0.5) is 11.4 Å². The Balaban J connectivity index is 1.60. The number of amides is 1. The van der Waals surface area contributed by atoms with E-state index in [1.165, 1.54) is 6.07 Å². The van der Waals surface area contributed by atoms with Gasteiger partial charge in [-0.3, -0.25) is 9.52 Å². The van der Waals surface area contributed by atoms with Gasteiger partial charge in [0.25, 0.3) is 15.9 Å². The monoisotopic (exact) mass is 412 g/mol. The highest BCUT2D eigenvalue weighted by Gasteiger charge is 2.27. The molecule has 142 valence electrons. The predicted octanol–water partition coefficient (Wildman–Crippen LogP) is 4.34. The summed E-state index contributed by atoms with van der Waals surface area (Å²) in [7, 11) is -3.75. The summed E-state index contributed by atoms with van der Waals surface area (Å²) in [6.45, 7) is 0.522. The number of nitrogens with zero attached hydrogens (tertiary/aromatic N) is 1. The SMILES string of the molecule is O=C(c1ccccc1)N1CCc2cc(S(=O)(=O)Nc3cccc(Cl)c3)ccc21. The average molecular weight is 413 g/mol. The van der Waals surface area contributed by atoms with Crippen LogP contribution >= 0.6 is 11.6 Å². The molecule has 0 bridgehead atoms. The summed E-state index contributed by atoms with van der Waals surface area (Å²) in [5.41, 5.74) is 2.58. The minimum Gasteiger partial charge on any atom is -0.308 e. The first kappa shape index (κ1) is 18.5. The third-order valence-corrected chi connectivity index (χ3v) is 6.21. The third-order valence-electron chi connectivity index (χ3n) is 4.60. The second-order valence-corrected chi connectivity index (χ2v) is 8.60. The number of hydrogen-bond donors (Lipinski definition) is 1. The molecule has 0 atom stereocenters. The molecule has 1 aliphatic heterocycles. The van der Waals surface area contributed by atoms with E-state index in [1.54, 1.807) is 53.4 Å². The molecule has 5 nitrogen and oxygen atoms in total. The number of fused-ring (bicyclic) bond motifs is 1. The molecule has 1 N–H and O–H groups in total. The zero-order valence-corrected chi connectivity index (χ0v) is 16.4. The van der Waals surface area contributed by atoms with Crippen LogP contribution in [0.5, 0.6) is 0 Å². The van der Waals surface area contributed by atoms with Crippen molar-refractivity contribution in [3.63, 3.8) is 0 Å². The van der Waals surface area contributed by atoms with Gasteiger partial charge in [-0.2, -0.15) is 0 Å². The molecule has 28 heavy (non-hydrogen) atoms. The van der Waals surface area contributed by atoms with Crippen LogP contribution in [0.15, 0.2) is 77.7 Å². The van der Waals surface area contributed by atoms with Crippen molar-refractivity contribution in [2.24, 2.45) is 0 Å². The summed E-state index contributed by atoms with van der Waals surface area (Å²) in [6.07, 6.45) is 0.606. The van der Waals surface area contributed by atoms with Gasteiger partial charge in [0, 0.05) is 22.8 Å². The predicted molar refractivity (Wildman–Crippen MR) is 111 cm³/mol. The molecule has 0 saturated carbocycles. The highest BCUT2D eigenvalue weighted by molar-refractivity contribution is 7.92. The zero-order valence-electron chi connectivity index (χ0n) is 14.8. The number of nitrogens with one attached hydrogen (secondary N) is 1. The van der Waals surface area contributed by atoms with E-state index >= 15 is 0 Å². The fraction of sp³-hybridized carbons (Fsp3) is 0.0952. The number of anilines is 2. The number of carbonyl (C=O) groups is 1. The van der Waals surface area contributed by atoms with Crippen molar-refractivity contribution in [2.45, 2.75) is 11.3 Å². The number of halogens is 1. The van der Waals surface area contributed by atoms with Gasteiger partial charge in [0.1, 0.15) is 0 Å². The maximum Gasteiger partial charge on any atom is 0.261 e. The number of carbonyl (C=O) groups excluding carboxylic acids is 1. The molecule has 0 saturated heterocycles. The van der Waals surface area contributed by atoms with Crippen molar-refractivity contribution in [1.82, 2.24) is 0 Å². The van der Waals surface area contributed by atoms with Crippen LogP contribution in [0.3, 0.4) is 0 Å². The average Bonchev–Trinajstić information content (AvgIpc) is 3.11. The van der Waals surface area contributed by atoms with Crippen molar-refractivity contribution in [3.05, 3.63) is 88.9 Å². The van der Waals surface area contributed by atoms with Crippen LogP contribution in [0, 0.1) is 0 Å². The highest BCUT2D eigenvalue weighted by atomic mass is 35.5. The van der Waals surface area contributed by atoms with Crippen molar-refractivity contribution in [3.8, 4) is 0 Å². The highest BCUT2D eigenvalue weighted by Crippen LogP contribution is 2.32. The van der Waals surface area contributed by atoms with Gasteiger partial charge in [0.05, 0.1) is 10.6 Å². The molecule has 0 aromatic heterocycles. The summed E-state index contributed by atoms with van der Waals surface area (Å²) in [4.78, 5) is 14.6. The Hall–Kier alpha value is -2.83. The lowest BCUT2D eigenvalue weighted by Crippen LogP contribution is -2.28. The van der Waals surface area contributed by atoms with E-state index < -0.39 is 10.0 Å². The maximum absolute atomic E-state index is 12.7. The molecule has 1 heterocycles. The molecule has 0 radical (unpaired) electrons. The Labute approximate surface area is 168 Å². The van der Waals surface area contributed by atoms with E-state index in [2.05, 4.69) is 4.72 Å². The summed E-state index contributed by atoms with van der Waals surface area (Å²) in [5, 5.41) is 0.448. The first-order chi connectivity index (χ1) is 13.4. The number of rotatable bonds is 4. The largest absolute Gasteiger partial charge is 0.308 e. The van der Waals surface area contributed by atoms with E-state index in [-0.39, 0.29) is 10.8 Å². The molecule has 3 aromatic rings. The summed E-state index contributed by atoms with van der Waals surface area (Å²) in [6, 6.07) is 20.4. The lowest BCUT2D eigenvalue weighted by Gasteiger charge is -2.18. The van der Waals surface area contributed by atoms with E-state index in [4.69, 9.17) is 11.6 Å². The normalized spacial score (nSPS) is 13.2. The van der Waals surface area contributed by atoms with E-state index in [1.807, 2.05) is 18.2 Å². The standard InChI is InChI=1S/C21H17ClN2O3S/c22-17-7-4-8-18(14-17)23-28(26,27)19-9-10-20-16(13-19)11-12-24(20)21(25)15-5-2-1-3-6-15/h1-10,13-14,23H,11-12H2. The summed E-state index contributed by atoms with van der Waals surface area (Å²) in [5.74, 6) is -0.0907. The van der Waals surface area contributed by atoms with Gasteiger partial charge in [-0.25, -0.2) is 8.42 Å². The topological polar surface area (TPSA) is 66.5 Å². The molecule has 3 aromatic carbocycles. The molecule has 0 aliphatic carbocycles. The molecule has 0 unspecified atom stereocenters. The Kier molecular flexibility index (Phi) is 4.83. The smallest absolute Gasteiger partial charge is 0.261 e. The third kappa shape index (κ3) is 3.61. The minimum absolute atomic E-state index is 0.0907. The number of sulfonamides is 1. The van der Waals surface area contributed by atoms with Crippen LogP contribution < -0.4 is 9.62 Å². The second-order valence-electron chi connectivity index (χ2n) is 6.48. The van der Waals surface area contributed by atoms with Crippen LogP contribution in [-0.2, 0) is 16.4 Å². The molecule has 0 spiro atoms. The zero-order chi connectivity index (χ0) is 19.7. The molecular weight excluding hydrogens is 396 g/mol. The second kappa shape index (κ2) is 7.30. The van der Waals surface area contributed by atoms with Gasteiger partial charge in [-0.1, -0.05) is 35.9 Å². The van der Waals surface area contributed by atoms with Gasteiger partial charge in [0.15, 0.2) is 0 Å². The van der Waals surface area contributed by atoms with Crippen molar-refractivity contribution >= 4 is 38.9 Å². The van der Waals surface area contributed by atoms with Crippen LogP contribution in [0.2, 0.25) is 5.02 Å². The first-order valence-electron chi connectivity index (χ1n) is 8.72. The Morgan fingerprint density at radius 3 is 2.50 bits per heavy atom. The fourth-order valence-electron chi connectivity index (χ4n) is 3.26. The van der Waals surface area contributed by atoms with Crippen molar-refractivity contribution < 1.29 is 13.2 Å². The quantitative estimate of drug-likeness (QED) is 0.693. The van der Waals surface area contributed by atoms with Crippen molar-refractivity contribution in [2.75, 3.05) is 16.2 Å². The molecule has 4 rings (SSSR count). The molecule has 1 amide bonds. The molecule has 0 fully saturated rings. The minimum atomic E-state index is -3.75. The fourth-order valence-corrected chi connectivity index (χ4v) is 4.55. The van der Waals surface area contributed by atoms with Gasteiger partial charge in [-0.15, -0.1) is 0 Å². The molecular formula is C21H17ClN2O3S. The van der Waals surface area contributed by atoms with E-state index in [9.17, 15) is 13.2 Å². The Morgan fingerprint density at radius 1 is 0.964 bits per heavy atom. The van der Waals surface area contributed by atoms with E-state index in [0.29, 0.717) is 29.2 Å². The lowest BCUT2D eigenvalue weighted by atomic mass is 10.1. The van der Waals surface area contributed by atoms with Gasteiger partial charge in [-0.05, 0) is 60.5 Å². The summed E-state index contributed by atoms with van der Waals surface area (Å²) < 4.78 is 28.0. The van der Waals surface area contributed by atoms with Crippen LogP contribution in [0.25, 0.3) is 0 Å². The first-order valence-corrected chi connectivity index (χ1v) is 10.6. The lowest BCUT2D eigenvalue weighted by molar-refractivity contribution is 0.0989. The maximum atomic E-state index is 12.7. The molecule has 1 aliphatic rings. The Morgan fingerprint density at radius 2 is 1.75 bits per heavy atom. The number of hydrogen-bond acceptors (Lipinski definition) is 3. The van der Waals surface area contributed by atoms with Gasteiger partial charge in [0.2, 0.25) is 0 Å².